The average Bonchev–Trinajstić information content (AvgIpc) is 3.34. The lowest BCUT2D eigenvalue weighted by molar-refractivity contribution is 0.674. The number of rotatable bonds is 9. The highest BCUT2D eigenvalue weighted by molar-refractivity contribution is 6.16. The molecule has 0 saturated carbocycles. The predicted molar refractivity (Wildman–Crippen MR) is 252 cm³/mol. The van der Waals surface area contributed by atoms with Crippen LogP contribution in [0.3, 0.4) is 0 Å². The monoisotopic (exact) mass is 799 g/mol. The highest BCUT2D eigenvalue weighted by Gasteiger charge is 2.25. The van der Waals surface area contributed by atoms with Crippen molar-refractivity contribution in [3.8, 4) is 67.5 Å². The van der Waals surface area contributed by atoms with E-state index >= 15 is 0 Å². The molecule has 2 aromatic heterocycles. The van der Waals surface area contributed by atoms with Gasteiger partial charge in [0.1, 0.15) is 12.0 Å². The SMILES string of the molecule is Cc1ccc(-c2cccc(-c3cccc(-c4nc(-c5ccccc5)nc(-c5ccccc5)n4)c3)c2-c2ccccc2C2=NC(c3ccccc3)NC(c3ccccc3)=N2)c(C)n1. The van der Waals surface area contributed by atoms with Gasteiger partial charge in [-0.2, -0.15) is 0 Å². The standard InChI is InChI=1S/C55H41N7/c1-36-33-34-44(37(2)56-36)46-32-18-31-45(42-27-17-28-43(35-42)54-59-50(38-19-7-3-8-20-38)57-51(60-54)39-21-9-4-10-22-39)49(46)47-29-15-16-30-48(47)55-61-52(40-23-11-5-12-24-40)58-53(62-55)41-25-13-6-14-26-41/h3-35,52H,1-2H3,(H,58,61,62). The van der Waals surface area contributed by atoms with Crippen molar-refractivity contribution in [2.45, 2.75) is 20.0 Å². The van der Waals surface area contributed by atoms with Crippen LogP contribution in [0.25, 0.3) is 67.5 Å². The number of hydrogen-bond acceptors (Lipinski definition) is 7. The van der Waals surface area contributed by atoms with Gasteiger partial charge in [-0.25, -0.2) is 24.9 Å². The van der Waals surface area contributed by atoms with Gasteiger partial charge in [0, 0.05) is 44.8 Å². The fourth-order valence-corrected chi connectivity index (χ4v) is 8.06. The Labute approximate surface area is 361 Å². The van der Waals surface area contributed by atoms with Gasteiger partial charge in [-0.3, -0.25) is 4.98 Å². The Kier molecular flexibility index (Phi) is 10.3. The number of nitrogens with one attached hydrogen (secondary N) is 1. The number of pyridine rings is 1. The molecule has 1 atom stereocenters. The molecular weight excluding hydrogens is 759 g/mol. The fourth-order valence-electron chi connectivity index (χ4n) is 8.06. The molecule has 10 rings (SSSR count). The van der Waals surface area contributed by atoms with Crippen LogP contribution in [0.4, 0.5) is 0 Å². The van der Waals surface area contributed by atoms with Crippen LogP contribution >= 0.6 is 0 Å². The summed E-state index contributed by atoms with van der Waals surface area (Å²) in [7, 11) is 0. The average molecular weight is 800 g/mol. The number of benzene rings is 7. The van der Waals surface area contributed by atoms with Gasteiger partial charge in [0.05, 0.1) is 0 Å². The molecule has 7 aromatic carbocycles. The Bertz CT molecular complexity index is 3050. The number of aliphatic imine (C=N–C) groups is 2. The van der Waals surface area contributed by atoms with Gasteiger partial charge < -0.3 is 5.32 Å². The Hall–Kier alpha value is -8.16. The van der Waals surface area contributed by atoms with Gasteiger partial charge >= 0.3 is 0 Å². The summed E-state index contributed by atoms with van der Waals surface area (Å²) < 4.78 is 0. The molecule has 296 valence electrons. The second kappa shape index (κ2) is 16.8. The Morgan fingerprint density at radius 3 is 1.53 bits per heavy atom. The van der Waals surface area contributed by atoms with Crippen LogP contribution in [-0.2, 0) is 0 Å². The molecular formula is C55H41N7. The fraction of sp³-hybridized carbons (Fsp3) is 0.0545. The van der Waals surface area contributed by atoms with Crippen LogP contribution in [0.5, 0.6) is 0 Å². The van der Waals surface area contributed by atoms with Crippen molar-refractivity contribution in [2.24, 2.45) is 9.98 Å². The highest BCUT2D eigenvalue weighted by atomic mass is 15.2. The molecule has 1 aliphatic heterocycles. The van der Waals surface area contributed by atoms with Crippen LogP contribution < -0.4 is 5.32 Å². The summed E-state index contributed by atoms with van der Waals surface area (Å²) in [5.74, 6) is 3.24. The second-order valence-electron chi connectivity index (χ2n) is 15.2. The molecule has 7 nitrogen and oxygen atoms in total. The molecule has 1 aliphatic rings. The number of aromatic nitrogens is 4. The first kappa shape index (κ1) is 38.1. The van der Waals surface area contributed by atoms with Crippen molar-refractivity contribution in [3.63, 3.8) is 0 Å². The summed E-state index contributed by atoms with van der Waals surface area (Å²) >= 11 is 0. The Morgan fingerprint density at radius 2 is 0.887 bits per heavy atom. The summed E-state index contributed by atoms with van der Waals surface area (Å²) in [6, 6.07) is 68.5. The van der Waals surface area contributed by atoms with Crippen LogP contribution in [-0.4, -0.2) is 31.6 Å². The van der Waals surface area contributed by atoms with Crippen LogP contribution in [0, 0.1) is 13.8 Å². The molecule has 9 aromatic rings. The van der Waals surface area contributed by atoms with Crippen molar-refractivity contribution in [3.05, 3.63) is 228 Å². The summed E-state index contributed by atoms with van der Waals surface area (Å²) in [5, 5.41) is 3.62. The first-order valence-corrected chi connectivity index (χ1v) is 20.7. The zero-order valence-corrected chi connectivity index (χ0v) is 34.3. The van der Waals surface area contributed by atoms with E-state index in [9.17, 15) is 0 Å². The molecule has 3 heterocycles. The molecule has 0 saturated heterocycles. The largest absolute Gasteiger partial charge is 0.344 e. The van der Waals surface area contributed by atoms with E-state index in [-0.39, 0.29) is 6.17 Å². The molecule has 62 heavy (non-hydrogen) atoms. The Balaban J connectivity index is 1.18. The molecule has 0 spiro atoms. The van der Waals surface area contributed by atoms with Gasteiger partial charge in [0.15, 0.2) is 23.3 Å². The summed E-state index contributed by atoms with van der Waals surface area (Å²) in [6.07, 6.45) is -0.344. The lowest BCUT2D eigenvalue weighted by Crippen LogP contribution is -2.33. The van der Waals surface area contributed by atoms with Gasteiger partial charge in [0.25, 0.3) is 0 Å². The topological polar surface area (TPSA) is 88.3 Å². The van der Waals surface area contributed by atoms with Crippen molar-refractivity contribution in [1.29, 1.82) is 0 Å². The van der Waals surface area contributed by atoms with E-state index in [1.807, 2.05) is 104 Å². The number of amidine groups is 2. The van der Waals surface area contributed by atoms with E-state index < -0.39 is 0 Å². The van der Waals surface area contributed by atoms with E-state index in [1.165, 1.54) is 0 Å². The number of aryl methyl sites for hydroxylation is 2. The number of nitrogens with zero attached hydrogens (tertiary/aromatic N) is 6. The van der Waals surface area contributed by atoms with Crippen molar-refractivity contribution < 1.29 is 0 Å². The van der Waals surface area contributed by atoms with E-state index in [2.05, 4.69) is 115 Å². The minimum Gasteiger partial charge on any atom is -0.344 e. The molecule has 0 fully saturated rings. The van der Waals surface area contributed by atoms with E-state index in [4.69, 9.17) is 29.9 Å². The normalized spacial score (nSPS) is 13.5. The third-order valence-corrected chi connectivity index (χ3v) is 11.1. The Morgan fingerprint density at radius 1 is 0.387 bits per heavy atom. The third kappa shape index (κ3) is 7.71. The zero-order valence-electron chi connectivity index (χ0n) is 34.3. The second-order valence-corrected chi connectivity index (χ2v) is 15.2. The molecule has 0 aliphatic carbocycles. The van der Waals surface area contributed by atoms with Gasteiger partial charge in [-0.1, -0.05) is 188 Å². The van der Waals surface area contributed by atoms with E-state index in [0.717, 1.165) is 84.0 Å². The first-order valence-electron chi connectivity index (χ1n) is 20.7. The molecule has 0 radical (unpaired) electrons. The maximum Gasteiger partial charge on any atom is 0.164 e. The van der Waals surface area contributed by atoms with Gasteiger partial charge in [0.2, 0.25) is 0 Å². The van der Waals surface area contributed by atoms with Gasteiger partial charge in [-0.15, -0.1) is 0 Å². The molecule has 7 heteroatoms. The predicted octanol–water partition coefficient (Wildman–Crippen LogP) is 12.4. The van der Waals surface area contributed by atoms with Crippen molar-refractivity contribution in [1.82, 2.24) is 25.3 Å². The zero-order chi connectivity index (χ0) is 41.8. The first-order chi connectivity index (χ1) is 30.6. The molecule has 0 amide bonds. The quantitative estimate of drug-likeness (QED) is 0.157. The lowest BCUT2D eigenvalue weighted by Gasteiger charge is -2.25. The molecule has 0 bridgehead atoms. The lowest BCUT2D eigenvalue weighted by atomic mass is 9.84. The molecule has 1 unspecified atom stereocenters. The minimum absolute atomic E-state index is 0.344. The minimum atomic E-state index is -0.344. The van der Waals surface area contributed by atoms with Crippen LogP contribution in [0.15, 0.2) is 210 Å². The smallest absolute Gasteiger partial charge is 0.164 e. The summed E-state index contributed by atoms with van der Waals surface area (Å²) in [5.41, 5.74) is 13.8. The van der Waals surface area contributed by atoms with Crippen molar-refractivity contribution in [2.75, 3.05) is 0 Å². The maximum atomic E-state index is 5.32. The van der Waals surface area contributed by atoms with Gasteiger partial charge in [-0.05, 0) is 59.4 Å². The third-order valence-electron chi connectivity index (χ3n) is 11.1. The van der Waals surface area contributed by atoms with Crippen LogP contribution in [0.2, 0.25) is 0 Å². The highest BCUT2D eigenvalue weighted by Crippen LogP contribution is 2.43. The summed E-state index contributed by atoms with van der Waals surface area (Å²) in [4.78, 5) is 30.6. The van der Waals surface area contributed by atoms with E-state index in [0.29, 0.717) is 23.3 Å². The number of hydrogen-bond donors (Lipinski definition) is 1. The van der Waals surface area contributed by atoms with Crippen LogP contribution in [0.1, 0.15) is 34.2 Å². The maximum absolute atomic E-state index is 5.32. The summed E-state index contributed by atoms with van der Waals surface area (Å²) in [6.45, 7) is 4.11. The molecule has 1 N–H and O–H groups in total. The van der Waals surface area contributed by atoms with Crippen molar-refractivity contribution >= 4 is 11.7 Å². The van der Waals surface area contributed by atoms with E-state index in [1.54, 1.807) is 0 Å².